The fourth-order valence-electron chi connectivity index (χ4n) is 3.68. The van der Waals surface area contributed by atoms with Crippen LogP contribution in [0.15, 0.2) is 54.9 Å². The molecule has 3 rings (SSSR count). The Morgan fingerprint density at radius 2 is 2.12 bits per heavy atom. The van der Waals surface area contributed by atoms with Crippen molar-refractivity contribution in [2.75, 3.05) is 18.4 Å². The summed E-state index contributed by atoms with van der Waals surface area (Å²) in [5, 5.41) is 6.51. The highest BCUT2D eigenvalue weighted by atomic mass is 16.1. The fourth-order valence-corrected chi connectivity index (χ4v) is 3.68. The smallest absolute Gasteiger partial charge is 0.224 e. The Morgan fingerprint density at radius 1 is 1.24 bits per heavy atom. The van der Waals surface area contributed by atoms with Crippen LogP contribution in [-0.4, -0.2) is 24.0 Å². The number of pyridine rings is 1. The molecule has 25 heavy (non-hydrogen) atoms. The summed E-state index contributed by atoms with van der Waals surface area (Å²) in [6, 6.07) is 13.8. The second-order valence-corrected chi connectivity index (χ2v) is 7.00. The fraction of sp³-hybridized carbons (Fsp3) is 0.429. The van der Waals surface area contributed by atoms with E-state index in [1.165, 1.54) is 18.4 Å². The first kappa shape index (κ1) is 17.6. The van der Waals surface area contributed by atoms with Gasteiger partial charge < -0.3 is 10.6 Å². The van der Waals surface area contributed by atoms with Gasteiger partial charge in [0.25, 0.3) is 0 Å². The molecule has 2 atom stereocenters. The number of anilines is 1. The average molecular weight is 337 g/mol. The van der Waals surface area contributed by atoms with Gasteiger partial charge in [0.1, 0.15) is 0 Å². The number of carbonyl (C=O) groups is 1. The quantitative estimate of drug-likeness (QED) is 0.811. The summed E-state index contributed by atoms with van der Waals surface area (Å²) in [4.78, 5) is 16.7. The van der Waals surface area contributed by atoms with Crippen molar-refractivity contribution in [2.45, 2.75) is 32.1 Å². The van der Waals surface area contributed by atoms with E-state index in [-0.39, 0.29) is 5.91 Å². The van der Waals surface area contributed by atoms with Crippen LogP contribution < -0.4 is 10.6 Å². The van der Waals surface area contributed by atoms with Crippen molar-refractivity contribution in [3.05, 3.63) is 60.4 Å². The van der Waals surface area contributed by atoms with Gasteiger partial charge in [-0.15, -0.1) is 0 Å². The van der Waals surface area contributed by atoms with Gasteiger partial charge in [-0.05, 0) is 74.4 Å². The minimum Gasteiger partial charge on any atom is -0.326 e. The Labute approximate surface area is 150 Å². The Hall–Kier alpha value is -2.20. The summed E-state index contributed by atoms with van der Waals surface area (Å²) in [6.07, 6.45) is 8.77. The third kappa shape index (κ3) is 5.98. The summed E-state index contributed by atoms with van der Waals surface area (Å²) in [5.74, 6) is 1.11. The van der Waals surface area contributed by atoms with Crippen LogP contribution in [0.25, 0.3) is 0 Å². The number of rotatable bonds is 7. The summed E-state index contributed by atoms with van der Waals surface area (Å²) >= 11 is 0. The first-order valence-corrected chi connectivity index (χ1v) is 9.24. The lowest BCUT2D eigenvalue weighted by Gasteiger charge is -2.27. The Morgan fingerprint density at radius 3 is 2.84 bits per heavy atom. The van der Waals surface area contributed by atoms with Crippen LogP contribution >= 0.6 is 0 Å². The zero-order chi connectivity index (χ0) is 17.3. The van der Waals surface area contributed by atoms with Gasteiger partial charge in [-0.25, -0.2) is 0 Å². The molecule has 1 aliphatic heterocycles. The van der Waals surface area contributed by atoms with Gasteiger partial charge in [-0.2, -0.15) is 0 Å². The van der Waals surface area contributed by atoms with Crippen LogP contribution in [0, 0.1) is 11.8 Å². The Bertz CT molecular complexity index is 639. The molecule has 0 spiro atoms. The van der Waals surface area contributed by atoms with Crippen molar-refractivity contribution in [1.29, 1.82) is 0 Å². The second kappa shape index (κ2) is 9.33. The predicted octanol–water partition coefficient (Wildman–Crippen LogP) is 3.66. The molecule has 1 aromatic carbocycles. The third-order valence-corrected chi connectivity index (χ3v) is 4.84. The molecule has 2 N–H and O–H groups in total. The highest BCUT2D eigenvalue weighted by Gasteiger charge is 2.21. The molecule has 2 aromatic rings. The van der Waals surface area contributed by atoms with Crippen LogP contribution in [0.1, 0.15) is 31.2 Å². The van der Waals surface area contributed by atoms with Gasteiger partial charge in [0, 0.05) is 24.5 Å². The van der Waals surface area contributed by atoms with Crippen molar-refractivity contribution < 1.29 is 4.79 Å². The van der Waals surface area contributed by atoms with Crippen LogP contribution in [0.4, 0.5) is 5.69 Å². The lowest BCUT2D eigenvalue weighted by Crippen LogP contribution is -2.32. The number of aromatic nitrogens is 1. The molecule has 1 aliphatic rings. The number of piperidine rings is 1. The molecule has 0 saturated carbocycles. The monoisotopic (exact) mass is 337 g/mol. The van der Waals surface area contributed by atoms with Gasteiger partial charge in [-0.1, -0.05) is 24.3 Å². The molecule has 4 nitrogen and oxygen atoms in total. The molecule has 0 bridgehead atoms. The standard InChI is InChI=1S/C21H27N3O/c25-21(24-20-8-2-1-3-9-20)14-19(12-17-6-4-10-22-15-17)13-18-7-5-11-23-16-18/h1-4,6,8-10,15,18-19,23H,5,7,11-14,16H2,(H,24,25). The highest BCUT2D eigenvalue weighted by Crippen LogP contribution is 2.25. The molecule has 1 fully saturated rings. The van der Waals surface area contributed by atoms with E-state index < -0.39 is 0 Å². The SMILES string of the molecule is O=C(CC(Cc1cccnc1)CC1CCCNC1)Nc1ccccc1. The lowest BCUT2D eigenvalue weighted by atomic mass is 9.84. The average Bonchev–Trinajstić information content (AvgIpc) is 2.64. The van der Waals surface area contributed by atoms with E-state index in [2.05, 4.69) is 21.7 Å². The summed E-state index contributed by atoms with van der Waals surface area (Å²) in [7, 11) is 0. The number of nitrogens with zero attached hydrogens (tertiary/aromatic N) is 1. The number of para-hydroxylation sites is 1. The van der Waals surface area contributed by atoms with Crippen LogP contribution in [0.5, 0.6) is 0 Å². The molecule has 1 amide bonds. The predicted molar refractivity (Wildman–Crippen MR) is 101 cm³/mol. The van der Waals surface area contributed by atoms with Gasteiger partial charge in [0.05, 0.1) is 0 Å². The largest absolute Gasteiger partial charge is 0.326 e. The van der Waals surface area contributed by atoms with E-state index in [1.807, 2.05) is 42.6 Å². The van der Waals surface area contributed by atoms with Crippen molar-refractivity contribution in [3.8, 4) is 0 Å². The number of amides is 1. The van der Waals surface area contributed by atoms with E-state index in [4.69, 9.17) is 0 Å². The van der Waals surface area contributed by atoms with E-state index in [0.717, 1.165) is 31.6 Å². The first-order chi connectivity index (χ1) is 12.3. The lowest BCUT2D eigenvalue weighted by molar-refractivity contribution is -0.117. The van der Waals surface area contributed by atoms with E-state index in [0.29, 0.717) is 18.3 Å². The maximum absolute atomic E-state index is 12.5. The van der Waals surface area contributed by atoms with Gasteiger partial charge in [0.2, 0.25) is 5.91 Å². The number of hydrogen-bond acceptors (Lipinski definition) is 3. The highest BCUT2D eigenvalue weighted by molar-refractivity contribution is 5.90. The number of benzene rings is 1. The molecule has 2 unspecified atom stereocenters. The summed E-state index contributed by atoms with van der Waals surface area (Å²) in [6.45, 7) is 2.20. The zero-order valence-electron chi connectivity index (χ0n) is 14.7. The van der Waals surface area contributed by atoms with Crippen molar-refractivity contribution in [2.24, 2.45) is 11.8 Å². The molecular formula is C21H27N3O. The van der Waals surface area contributed by atoms with Gasteiger partial charge in [-0.3, -0.25) is 9.78 Å². The van der Waals surface area contributed by atoms with E-state index in [9.17, 15) is 4.79 Å². The van der Waals surface area contributed by atoms with E-state index in [1.54, 1.807) is 6.20 Å². The number of hydrogen-bond donors (Lipinski definition) is 2. The number of carbonyl (C=O) groups excluding carboxylic acids is 1. The second-order valence-electron chi connectivity index (χ2n) is 7.00. The molecule has 0 radical (unpaired) electrons. The van der Waals surface area contributed by atoms with E-state index >= 15 is 0 Å². The van der Waals surface area contributed by atoms with Gasteiger partial charge in [0.15, 0.2) is 0 Å². The van der Waals surface area contributed by atoms with Crippen molar-refractivity contribution in [3.63, 3.8) is 0 Å². The summed E-state index contributed by atoms with van der Waals surface area (Å²) < 4.78 is 0. The maximum atomic E-state index is 12.5. The molecule has 2 heterocycles. The minimum atomic E-state index is 0.101. The normalized spacial score (nSPS) is 18.5. The Kier molecular flexibility index (Phi) is 6.57. The molecule has 4 heteroatoms. The van der Waals surface area contributed by atoms with Crippen LogP contribution in [0.2, 0.25) is 0 Å². The third-order valence-electron chi connectivity index (χ3n) is 4.84. The van der Waals surface area contributed by atoms with Gasteiger partial charge >= 0.3 is 0 Å². The molecular weight excluding hydrogens is 310 g/mol. The molecule has 132 valence electrons. The molecule has 1 saturated heterocycles. The van der Waals surface area contributed by atoms with Crippen LogP contribution in [-0.2, 0) is 11.2 Å². The topological polar surface area (TPSA) is 54.0 Å². The summed E-state index contributed by atoms with van der Waals surface area (Å²) in [5.41, 5.74) is 2.08. The molecule has 1 aromatic heterocycles. The first-order valence-electron chi connectivity index (χ1n) is 9.24. The minimum absolute atomic E-state index is 0.101. The zero-order valence-corrected chi connectivity index (χ0v) is 14.7. The Balaban J connectivity index is 1.61. The van der Waals surface area contributed by atoms with Crippen molar-refractivity contribution in [1.82, 2.24) is 10.3 Å². The van der Waals surface area contributed by atoms with Crippen LogP contribution in [0.3, 0.4) is 0 Å². The molecule has 0 aliphatic carbocycles. The maximum Gasteiger partial charge on any atom is 0.224 e. The number of nitrogens with one attached hydrogen (secondary N) is 2. The van der Waals surface area contributed by atoms with Crippen molar-refractivity contribution >= 4 is 11.6 Å².